The number of carbonyl (C=O) groups is 2. The second-order valence-electron chi connectivity index (χ2n) is 6.52. The molecule has 27 heavy (non-hydrogen) atoms. The van der Waals surface area contributed by atoms with Crippen LogP contribution in [0, 0.1) is 0 Å². The van der Waals surface area contributed by atoms with Gasteiger partial charge in [0, 0.05) is 26.2 Å². The Morgan fingerprint density at radius 1 is 1.15 bits per heavy atom. The fraction of sp³-hybridized carbons (Fsp3) is 0.300. The summed E-state index contributed by atoms with van der Waals surface area (Å²) in [4.78, 5) is 25.3. The molecule has 2 aromatic carbocycles. The molecule has 1 heterocycles. The largest absolute Gasteiger partial charge is 0.454 e. The summed E-state index contributed by atoms with van der Waals surface area (Å²) in [5, 5.41) is 5.71. The molecule has 0 unspecified atom stereocenters. The standard InChI is InChI=1S/C20H23N3O4/c1-13(16-5-4-6-17(10-16)22-14(2)24)21-20(25)23(3)11-15-7-8-18-19(9-15)27-12-26-18/h4-10,13H,11-12H2,1-3H3,(H,21,25)(H,22,24)/t13-/m0/s1. The van der Waals surface area contributed by atoms with Crippen LogP contribution >= 0.6 is 0 Å². The summed E-state index contributed by atoms with van der Waals surface area (Å²) in [6, 6.07) is 12.7. The lowest BCUT2D eigenvalue weighted by molar-refractivity contribution is -0.114. The minimum absolute atomic E-state index is 0.132. The number of nitrogens with zero attached hydrogens (tertiary/aromatic N) is 1. The van der Waals surface area contributed by atoms with Crippen molar-refractivity contribution in [3.05, 3.63) is 53.6 Å². The van der Waals surface area contributed by atoms with Crippen molar-refractivity contribution in [2.24, 2.45) is 0 Å². The molecule has 0 radical (unpaired) electrons. The first-order chi connectivity index (χ1) is 12.9. The Morgan fingerprint density at radius 2 is 1.93 bits per heavy atom. The Balaban J connectivity index is 1.59. The van der Waals surface area contributed by atoms with Crippen LogP contribution < -0.4 is 20.1 Å². The molecule has 0 aliphatic carbocycles. The van der Waals surface area contributed by atoms with Crippen LogP contribution in [0.25, 0.3) is 0 Å². The predicted molar refractivity (Wildman–Crippen MR) is 102 cm³/mol. The number of amides is 3. The van der Waals surface area contributed by atoms with Crippen LogP contribution in [0.4, 0.5) is 10.5 Å². The van der Waals surface area contributed by atoms with Crippen LogP contribution in [-0.4, -0.2) is 30.7 Å². The molecule has 142 valence electrons. The smallest absolute Gasteiger partial charge is 0.317 e. The number of urea groups is 1. The summed E-state index contributed by atoms with van der Waals surface area (Å²) in [5.41, 5.74) is 2.57. The van der Waals surface area contributed by atoms with Crippen LogP contribution in [0.3, 0.4) is 0 Å². The Labute approximate surface area is 158 Å². The van der Waals surface area contributed by atoms with Gasteiger partial charge in [-0.3, -0.25) is 4.79 Å². The molecular weight excluding hydrogens is 346 g/mol. The summed E-state index contributed by atoms with van der Waals surface area (Å²) < 4.78 is 10.7. The van der Waals surface area contributed by atoms with E-state index in [1.807, 2.05) is 49.4 Å². The maximum absolute atomic E-state index is 12.5. The first-order valence-corrected chi connectivity index (χ1v) is 8.70. The highest BCUT2D eigenvalue weighted by atomic mass is 16.7. The number of benzene rings is 2. The zero-order chi connectivity index (χ0) is 19.4. The highest BCUT2D eigenvalue weighted by molar-refractivity contribution is 5.88. The Kier molecular flexibility index (Phi) is 5.49. The number of hydrogen-bond acceptors (Lipinski definition) is 4. The van der Waals surface area contributed by atoms with E-state index in [4.69, 9.17) is 9.47 Å². The Morgan fingerprint density at radius 3 is 2.70 bits per heavy atom. The molecule has 1 aliphatic rings. The first-order valence-electron chi connectivity index (χ1n) is 8.70. The minimum Gasteiger partial charge on any atom is -0.454 e. The first kappa shape index (κ1) is 18.6. The van der Waals surface area contributed by atoms with Gasteiger partial charge in [0.1, 0.15) is 0 Å². The number of nitrogens with one attached hydrogen (secondary N) is 2. The third kappa shape index (κ3) is 4.69. The van der Waals surface area contributed by atoms with Crippen molar-refractivity contribution in [1.82, 2.24) is 10.2 Å². The van der Waals surface area contributed by atoms with Gasteiger partial charge in [-0.05, 0) is 42.3 Å². The number of anilines is 1. The summed E-state index contributed by atoms with van der Waals surface area (Å²) in [7, 11) is 1.74. The lowest BCUT2D eigenvalue weighted by Gasteiger charge is -2.22. The van der Waals surface area contributed by atoms with Crippen molar-refractivity contribution < 1.29 is 19.1 Å². The lowest BCUT2D eigenvalue weighted by atomic mass is 10.1. The fourth-order valence-electron chi connectivity index (χ4n) is 2.85. The van der Waals surface area contributed by atoms with Gasteiger partial charge in [-0.15, -0.1) is 0 Å². The monoisotopic (exact) mass is 369 g/mol. The van der Waals surface area contributed by atoms with Crippen molar-refractivity contribution in [2.75, 3.05) is 19.2 Å². The second kappa shape index (κ2) is 7.99. The van der Waals surface area contributed by atoms with Crippen LogP contribution in [0.2, 0.25) is 0 Å². The van der Waals surface area contributed by atoms with Crippen LogP contribution in [0.5, 0.6) is 11.5 Å². The van der Waals surface area contributed by atoms with Gasteiger partial charge < -0.3 is 25.0 Å². The van der Waals surface area contributed by atoms with Gasteiger partial charge in [0.15, 0.2) is 11.5 Å². The molecule has 0 saturated heterocycles. The quantitative estimate of drug-likeness (QED) is 0.848. The van der Waals surface area contributed by atoms with E-state index in [-0.39, 0.29) is 24.8 Å². The van der Waals surface area contributed by atoms with Gasteiger partial charge in [-0.2, -0.15) is 0 Å². The summed E-state index contributed by atoms with van der Waals surface area (Å²) >= 11 is 0. The number of fused-ring (bicyclic) bond motifs is 1. The highest BCUT2D eigenvalue weighted by Crippen LogP contribution is 2.32. The zero-order valence-corrected chi connectivity index (χ0v) is 15.6. The van der Waals surface area contributed by atoms with E-state index in [2.05, 4.69) is 10.6 Å². The average Bonchev–Trinajstić information content (AvgIpc) is 3.09. The van der Waals surface area contributed by atoms with Gasteiger partial charge in [0.2, 0.25) is 12.7 Å². The predicted octanol–water partition coefficient (Wildman–Crippen LogP) is 3.28. The average molecular weight is 369 g/mol. The molecule has 1 aliphatic heterocycles. The van der Waals surface area contributed by atoms with Crippen LogP contribution in [-0.2, 0) is 11.3 Å². The van der Waals surface area contributed by atoms with Gasteiger partial charge in [-0.25, -0.2) is 4.79 Å². The van der Waals surface area contributed by atoms with Crippen molar-refractivity contribution >= 4 is 17.6 Å². The van der Waals surface area contributed by atoms with E-state index in [1.165, 1.54) is 6.92 Å². The molecule has 0 bridgehead atoms. The van der Waals surface area contributed by atoms with E-state index >= 15 is 0 Å². The molecule has 2 aromatic rings. The molecule has 0 spiro atoms. The maximum atomic E-state index is 12.5. The molecule has 0 aromatic heterocycles. The molecule has 2 N–H and O–H groups in total. The van der Waals surface area contributed by atoms with Gasteiger partial charge >= 0.3 is 6.03 Å². The molecular formula is C20H23N3O4. The lowest BCUT2D eigenvalue weighted by Crippen LogP contribution is -2.38. The highest BCUT2D eigenvalue weighted by Gasteiger charge is 2.17. The van der Waals surface area contributed by atoms with Crippen LogP contribution in [0.1, 0.15) is 31.0 Å². The normalized spacial score (nSPS) is 13.0. The van der Waals surface area contributed by atoms with Crippen molar-refractivity contribution in [2.45, 2.75) is 26.4 Å². The Hall–Kier alpha value is -3.22. The minimum atomic E-state index is -0.203. The maximum Gasteiger partial charge on any atom is 0.317 e. The van der Waals surface area contributed by atoms with E-state index in [1.54, 1.807) is 11.9 Å². The molecule has 7 heteroatoms. The molecule has 0 saturated carbocycles. The Bertz CT molecular complexity index is 853. The van der Waals surface area contributed by atoms with Crippen molar-refractivity contribution in [3.8, 4) is 11.5 Å². The molecule has 3 rings (SSSR count). The summed E-state index contributed by atoms with van der Waals surface area (Å²) in [5.74, 6) is 1.29. The third-order valence-corrected chi connectivity index (χ3v) is 4.25. The van der Waals surface area contributed by atoms with Crippen LogP contribution in [0.15, 0.2) is 42.5 Å². The van der Waals surface area contributed by atoms with Gasteiger partial charge in [0.05, 0.1) is 6.04 Å². The molecule has 0 fully saturated rings. The second-order valence-corrected chi connectivity index (χ2v) is 6.52. The SMILES string of the molecule is CC(=O)Nc1cccc([C@H](C)NC(=O)N(C)Cc2ccc3c(c2)OCO3)c1. The molecule has 1 atom stereocenters. The number of carbonyl (C=O) groups excluding carboxylic acids is 2. The van der Waals surface area contributed by atoms with E-state index in [9.17, 15) is 9.59 Å². The van der Waals surface area contributed by atoms with Gasteiger partial charge in [-0.1, -0.05) is 18.2 Å². The van der Waals surface area contributed by atoms with Crippen molar-refractivity contribution in [1.29, 1.82) is 0 Å². The van der Waals surface area contributed by atoms with E-state index in [0.717, 1.165) is 16.9 Å². The van der Waals surface area contributed by atoms with E-state index in [0.29, 0.717) is 18.0 Å². The summed E-state index contributed by atoms with van der Waals surface area (Å²) in [6.07, 6.45) is 0. The van der Waals surface area contributed by atoms with Gasteiger partial charge in [0.25, 0.3) is 0 Å². The third-order valence-electron chi connectivity index (χ3n) is 4.25. The topological polar surface area (TPSA) is 79.9 Å². The number of hydrogen-bond donors (Lipinski definition) is 2. The van der Waals surface area contributed by atoms with Crippen molar-refractivity contribution in [3.63, 3.8) is 0 Å². The fourth-order valence-corrected chi connectivity index (χ4v) is 2.85. The number of rotatable bonds is 5. The van der Waals surface area contributed by atoms with E-state index < -0.39 is 0 Å². The molecule has 7 nitrogen and oxygen atoms in total. The molecule has 3 amide bonds. The zero-order valence-electron chi connectivity index (χ0n) is 15.6. The summed E-state index contributed by atoms with van der Waals surface area (Å²) in [6.45, 7) is 4.04. The number of ether oxygens (including phenoxy) is 2.